The molecule has 0 radical (unpaired) electrons. The normalized spacial score (nSPS) is 11.1. The molecule has 0 saturated heterocycles. The first-order valence-corrected chi connectivity index (χ1v) is 10.1. The number of carbonyl (C=O) groups excluding carboxylic acids is 1. The number of nitrogens with zero attached hydrogens (tertiary/aromatic N) is 3. The molecule has 2 heterocycles. The molecular formula is C24H18F3N5O2. The third-order valence-corrected chi connectivity index (χ3v) is 4.71. The van der Waals surface area contributed by atoms with E-state index < -0.39 is 17.6 Å². The number of alkyl halides is 3. The van der Waals surface area contributed by atoms with Gasteiger partial charge >= 0.3 is 6.18 Å². The molecular weight excluding hydrogens is 447 g/mol. The van der Waals surface area contributed by atoms with Gasteiger partial charge in [-0.15, -0.1) is 0 Å². The van der Waals surface area contributed by atoms with Gasteiger partial charge in [0.15, 0.2) is 0 Å². The molecule has 2 aromatic carbocycles. The Bertz CT molecular complexity index is 1310. The lowest BCUT2D eigenvalue weighted by atomic mass is 10.1. The average Bonchev–Trinajstić information content (AvgIpc) is 2.84. The van der Waals surface area contributed by atoms with E-state index in [4.69, 9.17) is 4.74 Å². The highest BCUT2D eigenvalue weighted by molar-refractivity contribution is 6.04. The second kappa shape index (κ2) is 9.57. The molecule has 10 heteroatoms. The molecule has 0 aliphatic carbocycles. The SMILES string of the molecule is CNc1nccc(-c2cccnc2Oc2ccc(C(=O)Nc3cccc(C(F)(F)F)c3)cc2)n1. The number of rotatable bonds is 6. The zero-order valence-electron chi connectivity index (χ0n) is 17.8. The van der Waals surface area contributed by atoms with Crippen LogP contribution in [0, 0.1) is 0 Å². The Balaban J connectivity index is 1.49. The second-order valence-electron chi connectivity index (χ2n) is 7.03. The Morgan fingerprint density at radius 3 is 2.47 bits per heavy atom. The predicted octanol–water partition coefficient (Wildman–Crippen LogP) is 5.64. The number of pyridine rings is 1. The van der Waals surface area contributed by atoms with Crippen molar-refractivity contribution in [3.63, 3.8) is 0 Å². The third kappa shape index (κ3) is 5.29. The minimum Gasteiger partial charge on any atom is -0.438 e. The molecule has 4 aromatic rings. The summed E-state index contributed by atoms with van der Waals surface area (Å²) in [4.78, 5) is 25.2. The van der Waals surface area contributed by atoms with Gasteiger partial charge in [-0.05, 0) is 60.7 Å². The van der Waals surface area contributed by atoms with E-state index in [0.29, 0.717) is 28.8 Å². The van der Waals surface area contributed by atoms with Crippen LogP contribution in [-0.4, -0.2) is 27.9 Å². The largest absolute Gasteiger partial charge is 0.438 e. The van der Waals surface area contributed by atoms with Crippen LogP contribution in [0.15, 0.2) is 79.1 Å². The van der Waals surface area contributed by atoms with Crippen LogP contribution in [0.4, 0.5) is 24.8 Å². The Hall–Kier alpha value is -4.47. The van der Waals surface area contributed by atoms with E-state index >= 15 is 0 Å². The van der Waals surface area contributed by atoms with E-state index in [0.717, 1.165) is 12.1 Å². The summed E-state index contributed by atoms with van der Waals surface area (Å²) in [7, 11) is 1.71. The summed E-state index contributed by atoms with van der Waals surface area (Å²) in [6.45, 7) is 0. The third-order valence-electron chi connectivity index (χ3n) is 4.71. The quantitative estimate of drug-likeness (QED) is 0.383. The molecule has 0 fully saturated rings. The molecule has 2 N–H and O–H groups in total. The molecule has 2 aromatic heterocycles. The van der Waals surface area contributed by atoms with Crippen molar-refractivity contribution in [2.24, 2.45) is 0 Å². The minimum atomic E-state index is -4.50. The average molecular weight is 465 g/mol. The molecule has 34 heavy (non-hydrogen) atoms. The Morgan fingerprint density at radius 2 is 1.74 bits per heavy atom. The predicted molar refractivity (Wildman–Crippen MR) is 121 cm³/mol. The summed E-state index contributed by atoms with van der Waals surface area (Å²) < 4.78 is 44.5. The second-order valence-corrected chi connectivity index (χ2v) is 7.03. The number of anilines is 2. The summed E-state index contributed by atoms with van der Waals surface area (Å²) in [5, 5.41) is 5.34. The first-order valence-electron chi connectivity index (χ1n) is 10.1. The summed E-state index contributed by atoms with van der Waals surface area (Å²) in [5.41, 5.74) is 0.711. The topological polar surface area (TPSA) is 89.0 Å². The fourth-order valence-electron chi connectivity index (χ4n) is 3.06. The van der Waals surface area contributed by atoms with Gasteiger partial charge in [0.25, 0.3) is 5.91 Å². The molecule has 7 nitrogen and oxygen atoms in total. The fraction of sp³-hybridized carbons (Fsp3) is 0.0833. The number of halogens is 3. The van der Waals surface area contributed by atoms with Crippen LogP contribution in [0.2, 0.25) is 0 Å². The van der Waals surface area contributed by atoms with E-state index in [9.17, 15) is 18.0 Å². The van der Waals surface area contributed by atoms with Gasteiger partial charge in [0.05, 0.1) is 16.8 Å². The van der Waals surface area contributed by atoms with Crippen LogP contribution < -0.4 is 15.4 Å². The van der Waals surface area contributed by atoms with Crippen molar-refractivity contribution in [1.82, 2.24) is 15.0 Å². The Morgan fingerprint density at radius 1 is 0.941 bits per heavy atom. The molecule has 1 amide bonds. The molecule has 0 aliphatic rings. The summed E-state index contributed by atoms with van der Waals surface area (Å²) in [5.74, 6) is 0.622. The first-order chi connectivity index (χ1) is 16.3. The van der Waals surface area contributed by atoms with Gasteiger partial charge < -0.3 is 15.4 Å². The molecule has 172 valence electrons. The smallest absolute Gasteiger partial charge is 0.416 e. The van der Waals surface area contributed by atoms with Gasteiger partial charge in [0.1, 0.15) is 5.75 Å². The summed E-state index contributed by atoms with van der Waals surface area (Å²) in [6.07, 6.45) is -1.30. The van der Waals surface area contributed by atoms with Gasteiger partial charge in [-0.1, -0.05) is 6.07 Å². The number of benzene rings is 2. The van der Waals surface area contributed by atoms with E-state index in [-0.39, 0.29) is 11.3 Å². The molecule has 0 saturated carbocycles. The van der Waals surface area contributed by atoms with Gasteiger partial charge in [-0.2, -0.15) is 13.2 Å². The van der Waals surface area contributed by atoms with Crippen LogP contribution >= 0.6 is 0 Å². The molecule has 0 bridgehead atoms. The van der Waals surface area contributed by atoms with Crippen molar-refractivity contribution < 1.29 is 22.7 Å². The lowest BCUT2D eigenvalue weighted by Crippen LogP contribution is -2.13. The molecule has 0 aliphatic heterocycles. The van der Waals surface area contributed by atoms with Gasteiger partial charge in [0.2, 0.25) is 11.8 Å². The maximum Gasteiger partial charge on any atom is 0.416 e. The van der Waals surface area contributed by atoms with Crippen LogP contribution in [0.5, 0.6) is 11.6 Å². The van der Waals surface area contributed by atoms with Crippen molar-refractivity contribution in [2.75, 3.05) is 17.7 Å². The highest BCUT2D eigenvalue weighted by Gasteiger charge is 2.30. The number of carbonyl (C=O) groups is 1. The van der Waals surface area contributed by atoms with Crippen molar-refractivity contribution in [2.45, 2.75) is 6.18 Å². The van der Waals surface area contributed by atoms with Crippen molar-refractivity contribution >= 4 is 17.5 Å². The molecule has 0 atom stereocenters. The van der Waals surface area contributed by atoms with Crippen LogP contribution in [0.1, 0.15) is 15.9 Å². The monoisotopic (exact) mass is 465 g/mol. The first kappa shape index (κ1) is 22.7. The zero-order chi connectivity index (χ0) is 24.1. The lowest BCUT2D eigenvalue weighted by molar-refractivity contribution is -0.137. The van der Waals surface area contributed by atoms with E-state index in [1.54, 1.807) is 49.8 Å². The highest BCUT2D eigenvalue weighted by atomic mass is 19.4. The Labute approximate surface area is 192 Å². The number of hydrogen-bond donors (Lipinski definition) is 2. The van der Waals surface area contributed by atoms with Crippen molar-refractivity contribution in [3.8, 4) is 22.9 Å². The molecule has 4 rings (SSSR count). The van der Waals surface area contributed by atoms with Crippen LogP contribution in [0.3, 0.4) is 0 Å². The van der Waals surface area contributed by atoms with Crippen molar-refractivity contribution in [1.29, 1.82) is 0 Å². The summed E-state index contributed by atoms with van der Waals surface area (Å²) in [6, 6.07) is 15.9. The van der Waals surface area contributed by atoms with Crippen LogP contribution in [-0.2, 0) is 6.18 Å². The standard InChI is InChI=1S/C24H18F3N5O2/c1-28-23-30-13-11-20(32-23)19-6-3-12-29-22(19)34-18-9-7-15(8-10-18)21(33)31-17-5-2-4-16(14-17)24(25,26)27/h2-14H,1H3,(H,31,33)(H,28,30,32). The fourth-order valence-corrected chi connectivity index (χ4v) is 3.06. The highest BCUT2D eigenvalue weighted by Crippen LogP contribution is 2.32. The van der Waals surface area contributed by atoms with E-state index in [1.165, 1.54) is 24.3 Å². The maximum atomic E-state index is 12.9. The van der Waals surface area contributed by atoms with Crippen LogP contribution in [0.25, 0.3) is 11.3 Å². The van der Waals surface area contributed by atoms with E-state index in [2.05, 4.69) is 25.6 Å². The van der Waals surface area contributed by atoms with Crippen molar-refractivity contribution in [3.05, 3.63) is 90.3 Å². The lowest BCUT2D eigenvalue weighted by Gasteiger charge is -2.11. The number of ether oxygens (including phenoxy) is 1. The maximum absolute atomic E-state index is 12.9. The number of nitrogens with one attached hydrogen (secondary N) is 2. The van der Waals surface area contributed by atoms with Gasteiger partial charge in [0, 0.05) is 30.7 Å². The Kier molecular flexibility index (Phi) is 6.39. The summed E-state index contributed by atoms with van der Waals surface area (Å²) >= 11 is 0. The number of amides is 1. The molecule has 0 spiro atoms. The minimum absolute atomic E-state index is 0.0454. The molecule has 0 unspecified atom stereocenters. The van der Waals surface area contributed by atoms with Gasteiger partial charge in [-0.25, -0.2) is 15.0 Å². The number of hydrogen-bond acceptors (Lipinski definition) is 6. The van der Waals surface area contributed by atoms with E-state index in [1.807, 2.05) is 0 Å². The zero-order valence-corrected chi connectivity index (χ0v) is 17.8. The number of aromatic nitrogens is 3. The van der Waals surface area contributed by atoms with Gasteiger partial charge in [-0.3, -0.25) is 4.79 Å².